The molecule has 1 aliphatic heterocycles. The Hall–Kier alpha value is -0.930. The van der Waals surface area contributed by atoms with Crippen LogP contribution in [0.2, 0.25) is 0 Å². The summed E-state index contributed by atoms with van der Waals surface area (Å²) >= 11 is 0. The molecule has 1 aromatic carbocycles. The second-order valence-electron chi connectivity index (χ2n) is 6.00. The van der Waals surface area contributed by atoms with Crippen LogP contribution in [-0.4, -0.2) is 30.1 Å². The molecule has 18 heavy (non-hydrogen) atoms. The molecule has 0 aromatic heterocycles. The number of nitrogens with zero attached hydrogens (tertiary/aromatic N) is 1. The Balaban J connectivity index is 1.97. The predicted molar refractivity (Wildman–Crippen MR) is 73.0 cm³/mol. The minimum atomic E-state index is -0.147. The second-order valence-corrected chi connectivity index (χ2v) is 6.00. The molecule has 1 N–H and O–H groups in total. The molecule has 1 unspecified atom stereocenters. The van der Waals surface area contributed by atoms with Gasteiger partial charge in [0.1, 0.15) is 5.82 Å². The van der Waals surface area contributed by atoms with Crippen molar-refractivity contribution in [1.82, 2.24) is 10.2 Å². The van der Waals surface area contributed by atoms with Gasteiger partial charge in [0.25, 0.3) is 0 Å². The van der Waals surface area contributed by atoms with Gasteiger partial charge in [0.05, 0.1) is 0 Å². The quantitative estimate of drug-likeness (QED) is 0.887. The fraction of sp³-hybridized carbons (Fsp3) is 0.600. The van der Waals surface area contributed by atoms with Crippen molar-refractivity contribution in [2.45, 2.75) is 44.8 Å². The topological polar surface area (TPSA) is 15.3 Å². The van der Waals surface area contributed by atoms with Gasteiger partial charge < -0.3 is 5.32 Å². The minimum Gasteiger partial charge on any atom is -0.312 e. The van der Waals surface area contributed by atoms with E-state index in [-0.39, 0.29) is 11.4 Å². The number of benzene rings is 1. The monoisotopic (exact) mass is 250 g/mol. The van der Waals surface area contributed by atoms with Crippen molar-refractivity contribution in [2.75, 3.05) is 13.6 Å². The van der Waals surface area contributed by atoms with E-state index in [1.165, 1.54) is 6.07 Å². The lowest BCUT2D eigenvalue weighted by atomic mass is 9.88. The lowest BCUT2D eigenvalue weighted by Gasteiger charge is -2.40. The summed E-state index contributed by atoms with van der Waals surface area (Å²) in [5.74, 6) is -0.147. The van der Waals surface area contributed by atoms with E-state index in [2.05, 4.69) is 31.1 Å². The first-order chi connectivity index (χ1) is 8.46. The molecule has 100 valence electrons. The van der Waals surface area contributed by atoms with Crippen LogP contribution in [0.3, 0.4) is 0 Å². The van der Waals surface area contributed by atoms with Crippen LogP contribution in [0.15, 0.2) is 24.3 Å². The van der Waals surface area contributed by atoms with Crippen molar-refractivity contribution in [3.8, 4) is 0 Å². The summed E-state index contributed by atoms with van der Waals surface area (Å²) in [7, 11) is 2.14. The number of piperidine rings is 1. The summed E-state index contributed by atoms with van der Waals surface area (Å²) in [6.45, 7) is 6.37. The summed E-state index contributed by atoms with van der Waals surface area (Å²) in [5.41, 5.74) is 1.26. The molecule has 1 aliphatic rings. The lowest BCUT2D eigenvalue weighted by Crippen LogP contribution is -2.52. The van der Waals surface area contributed by atoms with Crippen LogP contribution in [0.5, 0.6) is 0 Å². The standard InChI is InChI=1S/C15H23FN2/c1-15(2)10-14(7-8-17-15)18(3)11-12-5-4-6-13(16)9-12/h4-6,9,14,17H,7-8,10-11H2,1-3H3. The van der Waals surface area contributed by atoms with Gasteiger partial charge in [0, 0.05) is 18.1 Å². The molecule has 2 nitrogen and oxygen atoms in total. The average molecular weight is 250 g/mol. The number of hydrogen-bond acceptors (Lipinski definition) is 2. The molecular formula is C15H23FN2. The summed E-state index contributed by atoms with van der Waals surface area (Å²) in [4.78, 5) is 2.34. The SMILES string of the molecule is CN(Cc1cccc(F)c1)C1CCNC(C)(C)C1. The smallest absolute Gasteiger partial charge is 0.123 e. The average Bonchev–Trinajstić information content (AvgIpc) is 2.27. The highest BCUT2D eigenvalue weighted by molar-refractivity contribution is 5.16. The molecule has 0 spiro atoms. The van der Waals surface area contributed by atoms with E-state index in [4.69, 9.17) is 0 Å². The molecule has 3 heteroatoms. The van der Waals surface area contributed by atoms with E-state index >= 15 is 0 Å². The Morgan fingerprint density at radius 3 is 2.89 bits per heavy atom. The highest BCUT2D eigenvalue weighted by Crippen LogP contribution is 2.23. The van der Waals surface area contributed by atoms with Gasteiger partial charge in [-0.1, -0.05) is 12.1 Å². The van der Waals surface area contributed by atoms with Gasteiger partial charge in [-0.3, -0.25) is 4.90 Å². The Morgan fingerprint density at radius 2 is 2.22 bits per heavy atom. The van der Waals surface area contributed by atoms with Crippen molar-refractivity contribution >= 4 is 0 Å². The minimum absolute atomic E-state index is 0.147. The summed E-state index contributed by atoms with van der Waals surface area (Å²) in [5, 5.41) is 3.53. The van der Waals surface area contributed by atoms with Crippen LogP contribution in [0.4, 0.5) is 4.39 Å². The molecule has 0 saturated carbocycles. The van der Waals surface area contributed by atoms with Gasteiger partial charge in [0.2, 0.25) is 0 Å². The van der Waals surface area contributed by atoms with Crippen LogP contribution in [0.1, 0.15) is 32.3 Å². The van der Waals surface area contributed by atoms with Gasteiger partial charge in [-0.2, -0.15) is 0 Å². The molecule has 1 aromatic rings. The van der Waals surface area contributed by atoms with E-state index < -0.39 is 0 Å². The molecule has 1 fully saturated rings. The van der Waals surface area contributed by atoms with Crippen molar-refractivity contribution in [2.24, 2.45) is 0 Å². The summed E-state index contributed by atoms with van der Waals surface area (Å²) in [6, 6.07) is 7.47. The van der Waals surface area contributed by atoms with Crippen LogP contribution in [0, 0.1) is 5.82 Å². The third kappa shape index (κ3) is 3.53. The maximum absolute atomic E-state index is 13.2. The van der Waals surface area contributed by atoms with Crippen LogP contribution in [-0.2, 0) is 6.54 Å². The van der Waals surface area contributed by atoms with Gasteiger partial charge in [-0.15, -0.1) is 0 Å². The Kier molecular flexibility index (Phi) is 4.03. The largest absolute Gasteiger partial charge is 0.312 e. The van der Waals surface area contributed by atoms with Crippen molar-refractivity contribution in [3.63, 3.8) is 0 Å². The zero-order valence-electron chi connectivity index (χ0n) is 11.5. The van der Waals surface area contributed by atoms with Gasteiger partial charge in [-0.25, -0.2) is 4.39 Å². The lowest BCUT2D eigenvalue weighted by molar-refractivity contribution is 0.138. The third-order valence-electron chi connectivity index (χ3n) is 3.77. The molecular weight excluding hydrogens is 227 g/mol. The number of halogens is 1. The van der Waals surface area contributed by atoms with E-state index in [0.29, 0.717) is 6.04 Å². The number of hydrogen-bond donors (Lipinski definition) is 1. The summed E-state index contributed by atoms with van der Waals surface area (Å²) < 4.78 is 13.2. The van der Waals surface area contributed by atoms with Crippen LogP contribution in [0.25, 0.3) is 0 Å². The maximum atomic E-state index is 13.2. The predicted octanol–water partition coefficient (Wildman–Crippen LogP) is 2.79. The van der Waals surface area contributed by atoms with Gasteiger partial charge >= 0.3 is 0 Å². The fourth-order valence-corrected chi connectivity index (χ4v) is 2.77. The summed E-state index contributed by atoms with van der Waals surface area (Å²) in [6.07, 6.45) is 2.30. The van der Waals surface area contributed by atoms with E-state index in [9.17, 15) is 4.39 Å². The van der Waals surface area contributed by atoms with Crippen LogP contribution < -0.4 is 5.32 Å². The third-order valence-corrected chi connectivity index (χ3v) is 3.77. The van der Waals surface area contributed by atoms with E-state index in [1.54, 1.807) is 12.1 Å². The second kappa shape index (κ2) is 5.37. The number of rotatable bonds is 3. The first-order valence-corrected chi connectivity index (χ1v) is 6.66. The Bertz CT molecular complexity index is 403. The molecule has 0 radical (unpaired) electrons. The molecule has 2 rings (SSSR count). The zero-order chi connectivity index (χ0) is 13.2. The van der Waals surface area contributed by atoms with E-state index in [0.717, 1.165) is 31.5 Å². The zero-order valence-corrected chi connectivity index (χ0v) is 11.5. The van der Waals surface area contributed by atoms with Crippen molar-refractivity contribution in [1.29, 1.82) is 0 Å². The van der Waals surface area contributed by atoms with Gasteiger partial charge in [0.15, 0.2) is 0 Å². The molecule has 0 bridgehead atoms. The number of nitrogens with one attached hydrogen (secondary N) is 1. The van der Waals surface area contributed by atoms with Gasteiger partial charge in [-0.05, 0) is 58.0 Å². The highest BCUT2D eigenvalue weighted by atomic mass is 19.1. The Morgan fingerprint density at radius 1 is 1.44 bits per heavy atom. The molecule has 0 aliphatic carbocycles. The molecule has 1 saturated heterocycles. The molecule has 0 amide bonds. The molecule has 1 atom stereocenters. The highest BCUT2D eigenvalue weighted by Gasteiger charge is 2.29. The Labute approximate surface area is 109 Å². The normalized spacial score (nSPS) is 23.3. The van der Waals surface area contributed by atoms with Crippen LogP contribution >= 0.6 is 0 Å². The fourth-order valence-electron chi connectivity index (χ4n) is 2.77. The first-order valence-electron chi connectivity index (χ1n) is 6.66. The van der Waals surface area contributed by atoms with Crippen molar-refractivity contribution < 1.29 is 4.39 Å². The molecule has 1 heterocycles. The van der Waals surface area contributed by atoms with E-state index in [1.807, 2.05) is 6.07 Å². The maximum Gasteiger partial charge on any atom is 0.123 e. The first kappa shape index (κ1) is 13.5. The van der Waals surface area contributed by atoms with Crippen molar-refractivity contribution in [3.05, 3.63) is 35.6 Å².